The van der Waals surface area contributed by atoms with Crippen molar-refractivity contribution in [3.05, 3.63) is 35.4 Å². The third kappa shape index (κ3) is 3.65. The maximum atomic E-state index is 13.0. The second kappa shape index (κ2) is 6.02. The first-order valence-electron chi connectivity index (χ1n) is 6.24. The lowest BCUT2D eigenvalue weighted by Crippen LogP contribution is -2.45. The molecule has 0 radical (unpaired) electrons. The highest BCUT2D eigenvalue weighted by Crippen LogP contribution is 2.35. The summed E-state index contributed by atoms with van der Waals surface area (Å²) in [5.74, 6) is 0.107. The molecule has 1 atom stereocenters. The number of nitrogens with one attached hydrogen (secondary N) is 2. The van der Waals surface area contributed by atoms with Gasteiger partial charge in [0.1, 0.15) is 0 Å². The number of aliphatic imine (C=N–C) groups is 1. The van der Waals surface area contributed by atoms with Crippen LogP contribution in [0.1, 0.15) is 23.6 Å². The van der Waals surface area contributed by atoms with Crippen LogP contribution in [0.15, 0.2) is 29.3 Å². The van der Waals surface area contributed by atoms with Crippen LogP contribution in [-0.2, 0) is 10.9 Å². The summed E-state index contributed by atoms with van der Waals surface area (Å²) in [7, 11) is 1.19. The van der Waals surface area contributed by atoms with E-state index in [9.17, 15) is 18.0 Å². The molecule has 8 heteroatoms. The number of ether oxygens (including phenoxy) is 1. The summed E-state index contributed by atoms with van der Waals surface area (Å²) >= 11 is 0. The average Bonchev–Trinajstić information content (AvgIpc) is 2.46. The highest BCUT2D eigenvalue weighted by atomic mass is 19.4. The van der Waals surface area contributed by atoms with Gasteiger partial charge in [-0.15, -0.1) is 0 Å². The number of carbonyl (C=O) groups excluding carboxylic acids is 1. The number of rotatable bonds is 1. The van der Waals surface area contributed by atoms with Crippen molar-refractivity contribution in [2.75, 3.05) is 13.7 Å². The Labute approximate surface area is 119 Å². The molecule has 1 aliphatic heterocycles. The van der Waals surface area contributed by atoms with E-state index in [0.717, 1.165) is 6.07 Å². The van der Waals surface area contributed by atoms with E-state index in [1.54, 1.807) is 6.07 Å². The quantitative estimate of drug-likeness (QED) is 0.837. The number of guanidine groups is 1. The number of amides is 1. The molecule has 114 valence electrons. The first kappa shape index (κ1) is 15.1. The smallest absolute Gasteiger partial charge is 0.416 e. The summed E-state index contributed by atoms with van der Waals surface area (Å²) in [6.07, 6.45) is -4.76. The number of hydrogen-bond donors (Lipinski definition) is 2. The van der Waals surface area contributed by atoms with E-state index in [-0.39, 0.29) is 11.5 Å². The first-order chi connectivity index (χ1) is 9.91. The summed E-state index contributed by atoms with van der Waals surface area (Å²) < 4.78 is 43.5. The molecule has 1 aliphatic rings. The number of carbonyl (C=O) groups is 1. The largest absolute Gasteiger partial charge is 0.453 e. The van der Waals surface area contributed by atoms with Gasteiger partial charge in [0.15, 0.2) is 0 Å². The van der Waals surface area contributed by atoms with Crippen molar-refractivity contribution >= 4 is 12.1 Å². The molecule has 0 saturated heterocycles. The predicted molar refractivity (Wildman–Crippen MR) is 69.8 cm³/mol. The third-order valence-electron chi connectivity index (χ3n) is 3.05. The number of alkyl carbamates (subject to hydrolysis) is 1. The zero-order chi connectivity index (χ0) is 15.5. The van der Waals surface area contributed by atoms with E-state index >= 15 is 0 Å². The molecule has 0 aromatic heterocycles. The second-order valence-corrected chi connectivity index (χ2v) is 4.42. The van der Waals surface area contributed by atoms with Gasteiger partial charge < -0.3 is 10.1 Å². The molecule has 1 heterocycles. The van der Waals surface area contributed by atoms with Crippen molar-refractivity contribution in [3.8, 4) is 0 Å². The van der Waals surface area contributed by atoms with Crippen molar-refractivity contribution in [1.29, 1.82) is 0 Å². The SMILES string of the molecule is COC(=O)NC1=NCCC(c2ccccc2C(F)(F)F)N1. The maximum Gasteiger partial charge on any atom is 0.416 e. The van der Waals surface area contributed by atoms with Crippen LogP contribution in [0.2, 0.25) is 0 Å². The Morgan fingerprint density at radius 3 is 2.81 bits per heavy atom. The lowest BCUT2D eigenvalue weighted by molar-refractivity contribution is -0.138. The standard InChI is InChI=1S/C13H14F3N3O2/c1-21-12(20)19-11-17-7-6-10(18-11)8-4-2-3-5-9(8)13(14,15)16/h2-5,10H,6-7H2,1H3,(H2,17,18,19,20). The molecule has 5 nitrogen and oxygen atoms in total. The Balaban J connectivity index is 2.21. The minimum absolute atomic E-state index is 0.107. The minimum atomic E-state index is -4.43. The molecule has 0 fully saturated rings. The normalized spacial score (nSPS) is 18.5. The Kier molecular flexibility index (Phi) is 4.35. The lowest BCUT2D eigenvalue weighted by Gasteiger charge is -2.27. The summed E-state index contributed by atoms with van der Waals surface area (Å²) in [6.45, 7) is 0.309. The molecule has 2 N–H and O–H groups in total. The fourth-order valence-corrected chi connectivity index (χ4v) is 2.10. The molecule has 0 saturated carbocycles. The lowest BCUT2D eigenvalue weighted by atomic mass is 9.97. The van der Waals surface area contributed by atoms with Gasteiger partial charge >= 0.3 is 12.3 Å². The van der Waals surface area contributed by atoms with Gasteiger partial charge in [0.2, 0.25) is 5.96 Å². The summed E-state index contributed by atoms with van der Waals surface area (Å²) in [6, 6.07) is 4.77. The topological polar surface area (TPSA) is 62.7 Å². The third-order valence-corrected chi connectivity index (χ3v) is 3.05. The van der Waals surface area contributed by atoms with Gasteiger partial charge in [0, 0.05) is 6.54 Å². The molecular weight excluding hydrogens is 287 g/mol. The van der Waals surface area contributed by atoms with E-state index < -0.39 is 23.9 Å². The summed E-state index contributed by atoms with van der Waals surface area (Å²) in [4.78, 5) is 15.1. The van der Waals surface area contributed by atoms with E-state index in [1.165, 1.54) is 19.2 Å². The van der Waals surface area contributed by atoms with Gasteiger partial charge in [0.05, 0.1) is 18.7 Å². The van der Waals surface area contributed by atoms with Gasteiger partial charge in [-0.3, -0.25) is 10.3 Å². The molecule has 2 rings (SSSR count). The Morgan fingerprint density at radius 2 is 2.14 bits per heavy atom. The molecule has 0 spiro atoms. The van der Waals surface area contributed by atoms with Crippen molar-refractivity contribution in [1.82, 2.24) is 10.6 Å². The van der Waals surface area contributed by atoms with E-state index in [1.807, 2.05) is 0 Å². The summed E-state index contributed by atoms with van der Waals surface area (Å²) in [5.41, 5.74) is -0.564. The predicted octanol–water partition coefficient (Wildman–Crippen LogP) is 2.45. The van der Waals surface area contributed by atoms with Crippen molar-refractivity contribution in [2.24, 2.45) is 4.99 Å². The molecule has 1 amide bonds. The van der Waals surface area contributed by atoms with Crippen LogP contribution in [0.3, 0.4) is 0 Å². The summed E-state index contributed by atoms with van der Waals surface area (Å²) in [5, 5.41) is 5.11. The zero-order valence-electron chi connectivity index (χ0n) is 11.2. The van der Waals surface area contributed by atoms with Crippen LogP contribution in [-0.4, -0.2) is 25.7 Å². The second-order valence-electron chi connectivity index (χ2n) is 4.42. The van der Waals surface area contributed by atoms with E-state index in [4.69, 9.17) is 0 Å². The number of halogens is 3. The minimum Gasteiger partial charge on any atom is -0.453 e. The molecule has 1 aromatic carbocycles. The van der Waals surface area contributed by atoms with Crippen LogP contribution in [0.5, 0.6) is 0 Å². The number of alkyl halides is 3. The van der Waals surface area contributed by atoms with Gasteiger partial charge in [-0.05, 0) is 18.1 Å². The highest BCUT2D eigenvalue weighted by molar-refractivity contribution is 5.94. The monoisotopic (exact) mass is 301 g/mol. The number of methoxy groups -OCH3 is 1. The Morgan fingerprint density at radius 1 is 1.43 bits per heavy atom. The van der Waals surface area contributed by atoms with E-state index in [0.29, 0.717) is 13.0 Å². The molecule has 0 aliphatic carbocycles. The molecular formula is C13H14F3N3O2. The molecule has 21 heavy (non-hydrogen) atoms. The van der Waals surface area contributed by atoms with Crippen LogP contribution < -0.4 is 10.6 Å². The Bertz CT molecular complexity index is 558. The first-order valence-corrected chi connectivity index (χ1v) is 6.24. The van der Waals surface area contributed by atoms with Gasteiger partial charge in [-0.1, -0.05) is 18.2 Å². The molecule has 1 unspecified atom stereocenters. The maximum absolute atomic E-state index is 13.0. The van der Waals surface area contributed by atoms with Gasteiger partial charge in [-0.25, -0.2) is 4.79 Å². The van der Waals surface area contributed by atoms with Crippen LogP contribution in [0, 0.1) is 0 Å². The Hall–Kier alpha value is -2.25. The molecule has 1 aromatic rings. The zero-order valence-corrected chi connectivity index (χ0v) is 11.2. The van der Waals surface area contributed by atoms with Gasteiger partial charge in [0.25, 0.3) is 0 Å². The number of benzene rings is 1. The van der Waals surface area contributed by atoms with Crippen LogP contribution in [0.25, 0.3) is 0 Å². The fraction of sp³-hybridized carbons (Fsp3) is 0.385. The average molecular weight is 301 g/mol. The van der Waals surface area contributed by atoms with E-state index in [2.05, 4.69) is 20.4 Å². The van der Waals surface area contributed by atoms with Crippen molar-refractivity contribution in [3.63, 3.8) is 0 Å². The highest BCUT2D eigenvalue weighted by Gasteiger charge is 2.35. The van der Waals surface area contributed by atoms with Crippen molar-refractivity contribution in [2.45, 2.75) is 18.6 Å². The number of hydrogen-bond acceptors (Lipinski definition) is 4. The number of nitrogens with zero attached hydrogens (tertiary/aromatic N) is 1. The van der Waals surface area contributed by atoms with Crippen molar-refractivity contribution < 1.29 is 22.7 Å². The molecule has 0 bridgehead atoms. The van der Waals surface area contributed by atoms with Crippen LogP contribution >= 0.6 is 0 Å². The van der Waals surface area contributed by atoms with Gasteiger partial charge in [-0.2, -0.15) is 13.2 Å². The van der Waals surface area contributed by atoms with Crippen LogP contribution in [0.4, 0.5) is 18.0 Å². The fourth-order valence-electron chi connectivity index (χ4n) is 2.10.